The molecule has 0 aliphatic heterocycles. The maximum Gasteiger partial charge on any atom is 0.191 e. The minimum atomic E-state index is 0.533. The van der Waals surface area contributed by atoms with E-state index in [9.17, 15) is 0 Å². The van der Waals surface area contributed by atoms with Crippen LogP contribution in [0.15, 0.2) is 17.4 Å². The second-order valence-corrected chi connectivity index (χ2v) is 5.75. The Kier molecular flexibility index (Phi) is 6.29. The lowest BCUT2D eigenvalue weighted by molar-refractivity contribution is 0.631. The van der Waals surface area contributed by atoms with E-state index in [4.69, 9.17) is 23.2 Å². The second-order valence-electron chi connectivity index (χ2n) is 4.98. The van der Waals surface area contributed by atoms with Crippen LogP contribution in [0.2, 0.25) is 10.2 Å². The van der Waals surface area contributed by atoms with E-state index in [1.807, 2.05) is 22.2 Å². The fourth-order valence-corrected chi connectivity index (χ4v) is 2.60. The first-order valence-corrected chi connectivity index (χ1v) is 8.13. The van der Waals surface area contributed by atoms with E-state index in [0.717, 1.165) is 31.0 Å². The van der Waals surface area contributed by atoms with Gasteiger partial charge in [0.05, 0.1) is 11.6 Å². The van der Waals surface area contributed by atoms with E-state index >= 15 is 0 Å². The Hall–Kier alpha value is -1.73. The first kappa shape index (κ1) is 17.6. The van der Waals surface area contributed by atoms with Crippen LogP contribution >= 0.6 is 23.2 Å². The summed E-state index contributed by atoms with van der Waals surface area (Å²) in [7, 11) is 3.61. The number of nitrogens with one attached hydrogen (secondary N) is 2. The third-order valence-electron chi connectivity index (χ3n) is 3.53. The number of aryl methyl sites for hydroxylation is 1. The molecule has 0 radical (unpaired) electrons. The summed E-state index contributed by atoms with van der Waals surface area (Å²) in [6, 6.07) is 1.84. The van der Waals surface area contributed by atoms with Gasteiger partial charge in [-0.15, -0.1) is 10.2 Å². The standard InChI is InChI=1S/C14H21Cl2N7/c1-4-12-21-20-9-23(12)6-5-18-14(17-2)19-8-10-7-11(15)13(16)22(10)3/h7,9H,4-6,8H2,1-3H3,(H2,17,18,19). The first-order valence-electron chi connectivity index (χ1n) is 7.37. The summed E-state index contributed by atoms with van der Waals surface area (Å²) in [6.45, 7) is 4.14. The third kappa shape index (κ3) is 4.39. The lowest BCUT2D eigenvalue weighted by atomic mass is 10.4. The van der Waals surface area contributed by atoms with Crippen molar-refractivity contribution >= 4 is 29.2 Å². The predicted molar refractivity (Wildman–Crippen MR) is 93.0 cm³/mol. The fraction of sp³-hybridized carbons (Fsp3) is 0.500. The van der Waals surface area contributed by atoms with Crippen molar-refractivity contribution in [2.24, 2.45) is 12.0 Å². The number of guanidine groups is 1. The molecular weight excluding hydrogens is 337 g/mol. The normalized spacial score (nSPS) is 11.8. The van der Waals surface area contributed by atoms with E-state index in [1.165, 1.54) is 0 Å². The van der Waals surface area contributed by atoms with Gasteiger partial charge in [-0.2, -0.15) is 0 Å². The summed E-state index contributed by atoms with van der Waals surface area (Å²) in [5.41, 5.74) is 0.982. The zero-order chi connectivity index (χ0) is 16.8. The highest BCUT2D eigenvalue weighted by molar-refractivity contribution is 6.41. The molecule has 2 heterocycles. The highest BCUT2D eigenvalue weighted by Crippen LogP contribution is 2.24. The summed E-state index contributed by atoms with van der Waals surface area (Å²) in [5, 5.41) is 15.6. The van der Waals surface area contributed by atoms with Crippen LogP contribution in [0.1, 0.15) is 18.4 Å². The molecule has 0 spiro atoms. The molecular formula is C14H21Cl2N7. The molecule has 0 aliphatic rings. The fourth-order valence-electron chi connectivity index (χ4n) is 2.19. The minimum Gasteiger partial charge on any atom is -0.355 e. The highest BCUT2D eigenvalue weighted by Gasteiger charge is 2.09. The molecule has 2 aromatic rings. The Balaban J connectivity index is 1.83. The Morgan fingerprint density at radius 3 is 2.74 bits per heavy atom. The maximum absolute atomic E-state index is 6.06. The maximum atomic E-state index is 6.06. The Bertz CT molecular complexity index is 675. The first-order chi connectivity index (χ1) is 11.1. The molecule has 126 valence electrons. The minimum absolute atomic E-state index is 0.533. The second kappa shape index (κ2) is 8.21. The number of hydrogen-bond donors (Lipinski definition) is 2. The zero-order valence-corrected chi connectivity index (χ0v) is 15.0. The van der Waals surface area contributed by atoms with Gasteiger partial charge >= 0.3 is 0 Å². The van der Waals surface area contributed by atoms with Crippen LogP contribution in [0, 0.1) is 0 Å². The topological polar surface area (TPSA) is 72.1 Å². The van der Waals surface area contributed by atoms with Crippen LogP contribution in [-0.2, 0) is 26.6 Å². The average Bonchev–Trinajstić information content (AvgIpc) is 3.10. The molecule has 0 atom stereocenters. The van der Waals surface area contributed by atoms with E-state index in [2.05, 4.69) is 32.7 Å². The van der Waals surface area contributed by atoms with Gasteiger partial charge in [-0.3, -0.25) is 4.99 Å². The molecule has 9 heteroatoms. The molecule has 2 rings (SSSR count). The van der Waals surface area contributed by atoms with E-state index in [-0.39, 0.29) is 0 Å². The van der Waals surface area contributed by atoms with Crippen LogP contribution in [0.3, 0.4) is 0 Å². The van der Waals surface area contributed by atoms with Gasteiger partial charge in [-0.05, 0) is 6.07 Å². The SMILES string of the molecule is CCc1nncn1CCNC(=NC)NCc1cc(Cl)c(Cl)n1C. The lowest BCUT2D eigenvalue weighted by Crippen LogP contribution is -2.38. The van der Waals surface area contributed by atoms with E-state index < -0.39 is 0 Å². The van der Waals surface area contributed by atoms with Crippen molar-refractivity contribution < 1.29 is 0 Å². The summed E-state index contributed by atoms with van der Waals surface area (Å²) in [4.78, 5) is 4.20. The molecule has 0 unspecified atom stereocenters. The summed E-state index contributed by atoms with van der Waals surface area (Å²) >= 11 is 12.1. The van der Waals surface area contributed by atoms with Crippen molar-refractivity contribution in [1.82, 2.24) is 30.0 Å². The largest absolute Gasteiger partial charge is 0.355 e. The van der Waals surface area contributed by atoms with Gasteiger partial charge in [0.15, 0.2) is 5.96 Å². The summed E-state index contributed by atoms with van der Waals surface area (Å²) < 4.78 is 3.87. The zero-order valence-electron chi connectivity index (χ0n) is 13.5. The summed E-state index contributed by atoms with van der Waals surface area (Å²) in [5.74, 6) is 1.69. The van der Waals surface area contributed by atoms with Crippen molar-refractivity contribution in [3.63, 3.8) is 0 Å². The van der Waals surface area contributed by atoms with Gasteiger partial charge in [0.1, 0.15) is 17.3 Å². The van der Waals surface area contributed by atoms with Gasteiger partial charge in [0.2, 0.25) is 0 Å². The highest BCUT2D eigenvalue weighted by atomic mass is 35.5. The number of nitrogens with zero attached hydrogens (tertiary/aromatic N) is 5. The Labute approximate surface area is 145 Å². The van der Waals surface area contributed by atoms with Crippen LogP contribution in [0.4, 0.5) is 0 Å². The molecule has 23 heavy (non-hydrogen) atoms. The Morgan fingerprint density at radius 2 is 2.13 bits per heavy atom. The quantitative estimate of drug-likeness (QED) is 0.611. The molecule has 0 saturated carbocycles. The van der Waals surface area contributed by atoms with Crippen LogP contribution in [0.5, 0.6) is 0 Å². The van der Waals surface area contributed by atoms with Crippen molar-refractivity contribution in [1.29, 1.82) is 0 Å². The van der Waals surface area contributed by atoms with E-state index in [1.54, 1.807) is 13.4 Å². The molecule has 2 aromatic heterocycles. The van der Waals surface area contributed by atoms with Crippen molar-refractivity contribution in [2.75, 3.05) is 13.6 Å². The van der Waals surface area contributed by atoms with Crippen molar-refractivity contribution in [2.45, 2.75) is 26.4 Å². The van der Waals surface area contributed by atoms with Gasteiger partial charge in [0, 0.05) is 39.3 Å². The van der Waals surface area contributed by atoms with Gasteiger partial charge in [-0.25, -0.2) is 0 Å². The van der Waals surface area contributed by atoms with Crippen LogP contribution in [-0.4, -0.2) is 38.9 Å². The van der Waals surface area contributed by atoms with Crippen molar-refractivity contribution in [3.05, 3.63) is 34.1 Å². The number of hydrogen-bond acceptors (Lipinski definition) is 3. The van der Waals surface area contributed by atoms with Gasteiger partial charge in [-0.1, -0.05) is 30.1 Å². The summed E-state index contributed by atoms with van der Waals surface area (Å²) in [6.07, 6.45) is 2.60. The van der Waals surface area contributed by atoms with Crippen molar-refractivity contribution in [3.8, 4) is 0 Å². The number of halogens is 2. The molecule has 7 nitrogen and oxygen atoms in total. The molecule has 0 aromatic carbocycles. The van der Waals surface area contributed by atoms with Crippen LogP contribution in [0.25, 0.3) is 0 Å². The predicted octanol–water partition coefficient (Wildman–Crippen LogP) is 1.85. The molecule has 0 saturated heterocycles. The molecule has 2 N–H and O–H groups in total. The smallest absolute Gasteiger partial charge is 0.191 e. The van der Waals surface area contributed by atoms with E-state index in [0.29, 0.717) is 22.7 Å². The van der Waals surface area contributed by atoms with Gasteiger partial charge < -0.3 is 19.8 Å². The third-order valence-corrected chi connectivity index (χ3v) is 4.38. The average molecular weight is 358 g/mol. The molecule has 0 fully saturated rings. The number of rotatable bonds is 6. The number of aliphatic imine (C=N–C) groups is 1. The van der Waals surface area contributed by atoms with Crippen LogP contribution < -0.4 is 10.6 Å². The molecule has 0 aliphatic carbocycles. The molecule has 0 bridgehead atoms. The Morgan fingerprint density at radius 1 is 1.35 bits per heavy atom. The number of aromatic nitrogens is 4. The molecule has 0 amide bonds. The lowest BCUT2D eigenvalue weighted by Gasteiger charge is -2.13. The van der Waals surface area contributed by atoms with Gasteiger partial charge in [0.25, 0.3) is 0 Å². The monoisotopic (exact) mass is 357 g/mol.